The first-order chi connectivity index (χ1) is 9.04. The highest BCUT2D eigenvalue weighted by atomic mass is 16.1. The monoisotopic (exact) mass is 258 g/mol. The van der Waals surface area contributed by atoms with Crippen molar-refractivity contribution < 1.29 is 4.79 Å². The summed E-state index contributed by atoms with van der Waals surface area (Å²) in [5.41, 5.74) is 2.23. The molecule has 5 nitrogen and oxygen atoms in total. The molecule has 1 atom stereocenters. The van der Waals surface area contributed by atoms with Crippen molar-refractivity contribution in [3.05, 3.63) is 16.8 Å². The Morgan fingerprint density at radius 2 is 2.16 bits per heavy atom. The molecule has 1 unspecified atom stereocenters. The van der Waals surface area contributed by atoms with Crippen molar-refractivity contribution >= 4 is 11.6 Å². The average Bonchev–Trinajstić information content (AvgIpc) is 2.41. The molecule has 100 valence electrons. The Hall–Kier alpha value is -1.96. The zero-order valence-electron chi connectivity index (χ0n) is 11.6. The molecule has 0 saturated carbocycles. The SMILES string of the molecule is CC(=O)C1CCCN(c2nnc(C)c(C)c2C#N)C1. The molecule has 0 amide bonds. The van der Waals surface area contributed by atoms with Crippen LogP contribution in [0, 0.1) is 31.1 Å². The van der Waals surface area contributed by atoms with Crippen LogP contribution in [0.3, 0.4) is 0 Å². The summed E-state index contributed by atoms with van der Waals surface area (Å²) in [5.74, 6) is 0.875. The van der Waals surface area contributed by atoms with Gasteiger partial charge in [-0.15, -0.1) is 5.10 Å². The molecule has 2 heterocycles. The second-order valence-corrected chi connectivity index (χ2v) is 5.12. The first kappa shape index (κ1) is 13.5. The van der Waals surface area contributed by atoms with Crippen molar-refractivity contribution in [2.45, 2.75) is 33.6 Å². The molecule has 1 aromatic rings. The first-order valence-electron chi connectivity index (χ1n) is 6.54. The second-order valence-electron chi connectivity index (χ2n) is 5.12. The van der Waals surface area contributed by atoms with E-state index in [2.05, 4.69) is 16.3 Å². The molecular formula is C14H18N4O. The molecular weight excluding hydrogens is 240 g/mol. The minimum atomic E-state index is 0.0451. The fraction of sp³-hybridized carbons (Fsp3) is 0.571. The van der Waals surface area contributed by atoms with Crippen molar-refractivity contribution in [3.8, 4) is 6.07 Å². The van der Waals surface area contributed by atoms with Crippen molar-refractivity contribution in [2.24, 2.45) is 5.92 Å². The lowest BCUT2D eigenvalue weighted by Crippen LogP contribution is -2.39. The van der Waals surface area contributed by atoms with Gasteiger partial charge in [-0.3, -0.25) is 4.79 Å². The quantitative estimate of drug-likeness (QED) is 0.808. The van der Waals surface area contributed by atoms with Gasteiger partial charge in [0.2, 0.25) is 0 Å². The van der Waals surface area contributed by atoms with Crippen LogP contribution in [-0.4, -0.2) is 29.1 Å². The summed E-state index contributed by atoms with van der Waals surface area (Å²) < 4.78 is 0. The van der Waals surface area contributed by atoms with Gasteiger partial charge in [0.1, 0.15) is 17.4 Å². The molecule has 0 spiro atoms. The number of ketones is 1. The maximum Gasteiger partial charge on any atom is 0.169 e. The van der Waals surface area contributed by atoms with E-state index in [1.165, 1.54) is 0 Å². The molecule has 1 aliphatic heterocycles. The zero-order valence-corrected chi connectivity index (χ0v) is 11.6. The van der Waals surface area contributed by atoms with E-state index in [1.807, 2.05) is 18.7 Å². The maximum absolute atomic E-state index is 11.5. The molecule has 1 aliphatic rings. The van der Waals surface area contributed by atoms with Crippen LogP contribution in [0.15, 0.2) is 0 Å². The second kappa shape index (κ2) is 5.35. The molecule has 1 saturated heterocycles. The van der Waals surface area contributed by atoms with Crippen molar-refractivity contribution in [1.82, 2.24) is 10.2 Å². The lowest BCUT2D eigenvalue weighted by atomic mass is 9.94. The molecule has 1 fully saturated rings. The van der Waals surface area contributed by atoms with E-state index < -0.39 is 0 Å². The normalized spacial score (nSPS) is 19.1. The highest BCUT2D eigenvalue weighted by Gasteiger charge is 2.26. The van der Waals surface area contributed by atoms with Gasteiger partial charge >= 0.3 is 0 Å². The molecule has 0 bridgehead atoms. The smallest absolute Gasteiger partial charge is 0.169 e. The summed E-state index contributed by atoms with van der Waals surface area (Å²) in [6, 6.07) is 2.22. The number of aryl methyl sites for hydroxylation is 1. The largest absolute Gasteiger partial charge is 0.353 e. The van der Waals surface area contributed by atoms with Gasteiger partial charge in [0.15, 0.2) is 5.82 Å². The van der Waals surface area contributed by atoms with Crippen molar-refractivity contribution in [2.75, 3.05) is 18.0 Å². The van der Waals surface area contributed by atoms with Crippen LogP contribution in [-0.2, 0) is 4.79 Å². The van der Waals surface area contributed by atoms with Crippen molar-refractivity contribution in [3.63, 3.8) is 0 Å². The van der Waals surface area contributed by atoms with E-state index >= 15 is 0 Å². The number of hydrogen-bond donors (Lipinski definition) is 0. The zero-order chi connectivity index (χ0) is 14.0. The summed E-state index contributed by atoms with van der Waals surface area (Å²) in [7, 11) is 0. The molecule has 19 heavy (non-hydrogen) atoms. The molecule has 0 aromatic carbocycles. The molecule has 0 radical (unpaired) electrons. The van der Waals surface area contributed by atoms with Crippen LogP contribution in [0.5, 0.6) is 0 Å². The van der Waals surface area contributed by atoms with Gasteiger partial charge in [0, 0.05) is 19.0 Å². The van der Waals surface area contributed by atoms with E-state index in [0.29, 0.717) is 17.9 Å². The van der Waals surface area contributed by atoms with Gasteiger partial charge in [-0.1, -0.05) is 0 Å². The molecule has 0 aliphatic carbocycles. The summed E-state index contributed by atoms with van der Waals surface area (Å²) in [6.45, 7) is 6.84. The minimum Gasteiger partial charge on any atom is -0.353 e. The number of piperidine rings is 1. The van der Waals surface area contributed by atoms with Gasteiger partial charge in [-0.05, 0) is 39.2 Å². The molecule has 5 heteroatoms. The summed E-state index contributed by atoms with van der Waals surface area (Å²) in [6.07, 6.45) is 1.87. The van der Waals surface area contributed by atoms with Crippen LogP contribution in [0.25, 0.3) is 0 Å². The number of carbonyl (C=O) groups excluding carboxylic acids is 1. The van der Waals surface area contributed by atoms with E-state index in [0.717, 1.165) is 30.6 Å². The van der Waals surface area contributed by atoms with Crippen LogP contribution < -0.4 is 4.90 Å². The Labute approximate surface area is 113 Å². The Kier molecular flexibility index (Phi) is 3.79. The van der Waals surface area contributed by atoms with E-state index in [1.54, 1.807) is 6.92 Å². The standard InChI is InChI=1S/C14H18N4O/c1-9-10(2)16-17-14(13(9)7-15)18-6-4-5-12(8-18)11(3)19/h12H,4-6,8H2,1-3H3. The number of nitrogens with zero attached hydrogens (tertiary/aromatic N) is 4. The number of rotatable bonds is 2. The molecule has 0 N–H and O–H groups in total. The number of carbonyl (C=O) groups is 1. The molecule has 1 aromatic heterocycles. The highest BCUT2D eigenvalue weighted by Crippen LogP contribution is 2.26. The van der Waals surface area contributed by atoms with Gasteiger partial charge in [-0.2, -0.15) is 10.4 Å². The third kappa shape index (κ3) is 2.58. The van der Waals surface area contributed by atoms with Crippen LogP contribution >= 0.6 is 0 Å². The fourth-order valence-electron chi connectivity index (χ4n) is 2.45. The Morgan fingerprint density at radius 1 is 1.42 bits per heavy atom. The summed E-state index contributed by atoms with van der Waals surface area (Å²) in [4.78, 5) is 13.5. The molecule has 2 rings (SSSR count). The van der Waals surface area contributed by atoms with Crippen LogP contribution in [0.2, 0.25) is 0 Å². The average molecular weight is 258 g/mol. The lowest BCUT2D eigenvalue weighted by molar-refractivity contribution is -0.120. The lowest BCUT2D eigenvalue weighted by Gasteiger charge is -2.32. The number of hydrogen-bond acceptors (Lipinski definition) is 5. The third-order valence-corrected chi connectivity index (χ3v) is 3.84. The summed E-state index contributed by atoms with van der Waals surface area (Å²) in [5, 5.41) is 17.6. The predicted octanol–water partition coefficient (Wildman–Crippen LogP) is 1.77. The maximum atomic E-state index is 11.5. The van der Waals surface area contributed by atoms with Gasteiger partial charge in [0.25, 0.3) is 0 Å². The van der Waals surface area contributed by atoms with E-state index in [9.17, 15) is 10.1 Å². The predicted molar refractivity (Wildman–Crippen MR) is 71.8 cm³/mol. The summed E-state index contributed by atoms with van der Waals surface area (Å²) >= 11 is 0. The van der Waals surface area contributed by atoms with Crippen molar-refractivity contribution in [1.29, 1.82) is 5.26 Å². The van der Waals surface area contributed by atoms with Gasteiger partial charge in [-0.25, -0.2) is 0 Å². The van der Waals surface area contributed by atoms with Gasteiger partial charge < -0.3 is 4.90 Å². The first-order valence-corrected chi connectivity index (χ1v) is 6.54. The van der Waals surface area contributed by atoms with Gasteiger partial charge in [0.05, 0.1) is 5.69 Å². The Morgan fingerprint density at radius 3 is 2.79 bits per heavy atom. The highest BCUT2D eigenvalue weighted by molar-refractivity contribution is 5.79. The Bertz CT molecular complexity index is 547. The van der Waals surface area contributed by atoms with E-state index in [4.69, 9.17) is 0 Å². The minimum absolute atomic E-state index is 0.0451. The third-order valence-electron chi connectivity index (χ3n) is 3.84. The fourth-order valence-corrected chi connectivity index (χ4v) is 2.45. The number of aromatic nitrogens is 2. The number of anilines is 1. The number of nitriles is 1. The Balaban J connectivity index is 2.34. The number of Topliss-reactive ketones (excluding diaryl/α,β-unsaturated/α-hetero) is 1. The topological polar surface area (TPSA) is 69.9 Å². The van der Waals surface area contributed by atoms with Crippen LogP contribution in [0.4, 0.5) is 5.82 Å². The van der Waals surface area contributed by atoms with E-state index in [-0.39, 0.29) is 11.7 Å². The van der Waals surface area contributed by atoms with Crippen LogP contribution in [0.1, 0.15) is 36.6 Å².